The Morgan fingerprint density at radius 3 is 2.82 bits per heavy atom. The fraction of sp³-hybridized carbons (Fsp3) is 1.00. The van der Waals surface area contributed by atoms with Crippen molar-refractivity contribution in [3.05, 3.63) is 0 Å². The SMILES string of the molecule is O=S(=O)(Cl)CCCN1CCOC2CCCCC21. The number of rotatable bonds is 4. The molecule has 0 bridgehead atoms. The molecule has 0 amide bonds. The average molecular weight is 282 g/mol. The van der Waals surface area contributed by atoms with Crippen LogP contribution in [0.5, 0.6) is 0 Å². The van der Waals surface area contributed by atoms with Crippen molar-refractivity contribution in [1.29, 1.82) is 0 Å². The summed E-state index contributed by atoms with van der Waals surface area (Å²) in [6.45, 7) is 2.51. The van der Waals surface area contributed by atoms with Crippen LogP contribution in [0.1, 0.15) is 32.1 Å². The molecule has 2 aliphatic rings. The Balaban J connectivity index is 1.82. The summed E-state index contributed by atoms with van der Waals surface area (Å²) in [6.07, 6.45) is 5.83. The van der Waals surface area contributed by atoms with E-state index in [0.29, 0.717) is 18.6 Å². The van der Waals surface area contributed by atoms with Crippen LogP contribution in [0.15, 0.2) is 0 Å². The van der Waals surface area contributed by atoms with Crippen LogP contribution >= 0.6 is 10.7 Å². The van der Waals surface area contributed by atoms with Gasteiger partial charge >= 0.3 is 0 Å². The normalized spacial score (nSPS) is 31.1. The van der Waals surface area contributed by atoms with Gasteiger partial charge in [-0.3, -0.25) is 4.90 Å². The van der Waals surface area contributed by atoms with E-state index in [1.54, 1.807) is 0 Å². The van der Waals surface area contributed by atoms with Gasteiger partial charge in [0, 0.05) is 23.3 Å². The summed E-state index contributed by atoms with van der Waals surface area (Å²) in [6, 6.07) is 0.496. The number of hydrogen-bond acceptors (Lipinski definition) is 4. The smallest absolute Gasteiger partial charge is 0.232 e. The molecule has 2 unspecified atom stereocenters. The number of morpholine rings is 1. The standard InChI is InChI=1S/C11H20ClNO3S/c12-17(14,15)9-3-6-13-7-8-16-11-5-2-1-4-10(11)13/h10-11H,1-9H2. The Hall–Kier alpha value is 0.160. The molecule has 100 valence electrons. The first kappa shape index (κ1) is 13.6. The fourth-order valence-corrected chi connectivity index (χ4v) is 3.70. The van der Waals surface area contributed by atoms with Crippen LogP contribution in [0.4, 0.5) is 0 Å². The van der Waals surface area contributed by atoms with Crippen molar-refractivity contribution in [2.75, 3.05) is 25.4 Å². The molecule has 0 aromatic rings. The van der Waals surface area contributed by atoms with Crippen LogP contribution in [0.3, 0.4) is 0 Å². The summed E-state index contributed by atoms with van der Waals surface area (Å²) in [7, 11) is 1.88. The Bertz CT molecular complexity index is 345. The summed E-state index contributed by atoms with van der Waals surface area (Å²) >= 11 is 0. The van der Waals surface area contributed by atoms with Gasteiger partial charge in [0.2, 0.25) is 9.05 Å². The van der Waals surface area contributed by atoms with Gasteiger partial charge in [0.15, 0.2) is 0 Å². The van der Waals surface area contributed by atoms with Crippen molar-refractivity contribution in [2.24, 2.45) is 0 Å². The second-order valence-corrected chi connectivity index (χ2v) is 7.79. The first-order valence-electron chi connectivity index (χ1n) is 6.34. The van der Waals surface area contributed by atoms with E-state index in [9.17, 15) is 8.42 Å². The summed E-state index contributed by atoms with van der Waals surface area (Å²) in [5, 5.41) is 0. The maximum Gasteiger partial charge on any atom is 0.232 e. The van der Waals surface area contributed by atoms with Crippen LogP contribution in [0.2, 0.25) is 0 Å². The Labute approximate surface area is 108 Å². The van der Waals surface area contributed by atoms with E-state index in [1.807, 2.05) is 0 Å². The molecule has 2 rings (SSSR count). The lowest BCUT2D eigenvalue weighted by molar-refractivity contribution is -0.0877. The minimum atomic E-state index is -3.34. The van der Waals surface area contributed by atoms with Gasteiger partial charge in [-0.05, 0) is 25.8 Å². The summed E-state index contributed by atoms with van der Waals surface area (Å²) in [5.41, 5.74) is 0. The Kier molecular flexibility index (Phi) is 4.69. The number of nitrogens with zero attached hydrogens (tertiary/aromatic N) is 1. The summed E-state index contributed by atoms with van der Waals surface area (Å²) < 4.78 is 27.5. The molecule has 0 aromatic carbocycles. The Morgan fingerprint density at radius 2 is 2.06 bits per heavy atom. The quantitative estimate of drug-likeness (QED) is 0.734. The second-order valence-electron chi connectivity index (χ2n) is 4.89. The van der Waals surface area contributed by atoms with E-state index < -0.39 is 9.05 Å². The maximum atomic E-state index is 10.9. The zero-order valence-corrected chi connectivity index (χ0v) is 11.5. The maximum absolute atomic E-state index is 10.9. The molecule has 2 atom stereocenters. The molecular formula is C11H20ClNO3S. The highest BCUT2D eigenvalue weighted by Crippen LogP contribution is 2.28. The van der Waals surface area contributed by atoms with Gasteiger partial charge in [0.05, 0.1) is 18.5 Å². The monoisotopic (exact) mass is 281 g/mol. The van der Waals surface area contributed by atoms with Crippen LogP contribution in [-0.2, 0) is 13.8 Å². The van der Waals surface area contributed by atoms with Crippen molar-refractivity contribution < 1.29 is 13.2 Å². The first-order valence-corrected chi connectivity index (χ1v) is 8.82. The minimum absolute atomic E-state index is 0.0727. The van der Waals surface area contributed by atoms with Crippen molar-refractivity contribution in [1.82, 2.24) is 4.90 Å². The topological polar surface area (TPSA) is 46.6 Å². The van der Waals surface area contributed by atoms with E-state index in [-0.39, 0.29) is 5.75 Å². The van der Waals surface area contributed by atoms with Crippen LogP contribution in [-0.4, -0.2) is 50.9 Å². The van der Waals surface area contributed by atoms with E-state index in [0.717, 1.165) is 26.1 Å². The molecule has 1 saturated carbocycles. The summed E-state index contributed by atoms with van der Waals surface area (Å²) in [5.74, 6) is 0.0727. The van der Waals surface area contributed by atoms with Gasteiger partial charge in [-0.25, -0.2) is 8.42 Å². The van der Waals surface area contributed by atoms with Gasteiger partial charge in [-0.2, -0.15) is 0 Å². The lowest BCUT2D eigenvalue weighted by Crippen LogP contribution is -2.52. The third-order valence-corrected chi connectivity index (χ3v) is 4.92. The third kappa shape index (κ3) is 4.09. The molecule has 0 spiro atoms. The van der Waals surface area contributed by atoms with E-state index in [2.05, 4.69) is 4.90 Å². The molecule has 1 aliphatic heterocycles. The molecule has 6 heteroatoms. The summed E-state index contributed by atoms with van der Waals surface area (Å²) in [4.78, 5) is 2.38. The molecule has 0 N–H and O–H groups in total. The minimum Gasteiger partial charge on any atom is -0.375 e. The average Bonchev–Trinajstić information content (AvgIpc) is 2.28. The van der Waals surface area contributed by atoms with E-state index >= 15 is 0 Å². The van der Waals surface area contributed by atoms with Crippen LogP contribution in [0, 0.1) is 0 Å². The highest BCUT2D eigenvalue weighted by atomic mass is 35.7. The number of fused-ring (bicyclic) bond motifs is 1. The predicted molar refractivity (Wildman–Crippen MR) is 67.8 cm³/mol. The lowest BCUT2D eigenvalue weighted by atomic mass is 9.90. The molecule has 1 saturated heterocycles. The molecule has 0 radical (unpaired) electrons. The Morgan fingerprint density at radius 1 is 1.29 bits per heavy atom. The highest BCUT2D eigenvalue weighted by Gasteiger charge is 2.33. The first-order chi connectivity index (χ1) is 8.06. The third-order valence-electron chi connectivity index (χ3n) is 3.68. The van der Waals surface area contributed by atoms with Gasteiger partial charge in [0.25, 0.3) is 0 Å². The molecule has 17 heavy (non-hydrogen) atoms. The number of hydrogen-bond donors (Lipinski definition) is 0. The van der Waals surface area contributed by atoms with Gasteiger partial charge in [-0.15, -0.1) is 0 Å². The van der Waals surface area contributed by atoms with Crippen molar-refractivity contribution in [3.8, 4) is 0 Å². The van der Waals surface area contributed by atoms with Crippen molar-refractivity contribution in [2.45, 2.75) is 44.2 Å². The van der Waals surface area contributed by atoms with E-state index in [4.69, 9.17) is 15.4 Å². The molecular weight excluding hydrogens is 262 g/mol. The number of halogens is 1. The molecule has 0 aromatic heterocycles. The lowest BCUT2D eigenvalue weighted by Gasteiger charge is -2.43. The fourth-order valence-electron chi connectivity index (χ4n) is 2.89. The zero-order valence-electron chi connectivity index (χ0n) is 9.98. The molecule has 1 aliphatic carbocycles. The van der Waals surface area contributed by atoms with Crippen molar-refractivity contribution in [3.63, 3.8) is 0 Å². The molecule has 1 heterocycles. The van der Waals surface area contributed by atoms with E-state index in [1.165, 1.54) is 19.3 Å². The molecule has 2 fully saturated rings. The van der Waals surface area contributed by atoms with Gasteiger partial charge < -0.3 is 4.74 Å². The molecule has 4 nitrogen and oxygen atoms in total. The largest absolute Gasteiger partial charge is 0.375 e. The van der Waals surface area contributed by atoms with Crippen LogP contribution in [0.25, 0.3) is 0 Å². The van der Waals surface area contributed by atoms with Crippen molar-refractivity contribution >= 4 is 19.7 Å². The zero-order chi connectivity index (χ0) is 12.3. The highest BCUT2D eigenvalue weighted by molar-refractivity contribution is 8.13. The van der Waals surface area contributed by atoms with Gasteiger partial charge in [-0.1, -0.05) is 12.8 Å². The number of ether oxygens (including phenoxy) is 1. The second kappa shape index (κ2) is 5.87. The van der Waals surface area contributed by atoms with Gasteiger partial charge in [0.1, 0.15) is 0 Å². The predicted octanol–water partition coefficient (Wildman–Crippen LogP) is 1.59. The van der Waals surface area contributed by atoms with Crippen LogP contribution < -0.4 is 0 Å².